The van der Waals surface area contributed by atoms with Crippen LogP contribution in [0.3, 0.4) is 0 Å². The van der Waals surface area contributed by atoms with Crippen molar-refractivity contribution in [1.29, 1.82) is 0 Å². The number of hydrogen-bond acceptors (Lipinski definition) is 7. The Hall–Kier alpha value is -5.03. The molecular weight excluding hydrogens is 655 g/mol. The van der Waals surface area contributed by atoms with Gasteiger partial charge in [0.1, 0.15) is 18.3 Å². The maximum atomic E-state index is 14.8. The predicted molar refractivity (Wildman–Crippen MR) is 195 cm³/mol. The molecule has 266 valence electrons. The normalized spacial score (nSPS) is 11.7. The molecule has 0 unspecified atom stereocenters. The van der Waals surface area contributed by atoms with Crippen molar-refractivity contribution >= 4 is 27.5 Å². The van der Waals surface area contributed by atoms with Gasteiger partial charge in [0.15, 0.2) is 11.5 Å². The zero-order chi connectivity index (χ0) is 36.3. The van der Waals surface area contributed by atoms with Crippen molar-refractivity contribution < 1.29 is 32.2 Å². The Kier molecular flexibility index (Phi) is 13.3. The van der Waals surface area contributed by atoms with E-state index in [2.05, 4.69) is 5.32 Å². The SMILES string of the molecule is CCCCNC(=O)[C@H](Cc1ccccc1)N(Cc1cccc(OC)c1)C(=O)CN(c1cc(C)cc(C)c1)S(=O)(=O)c1ccc(OC)c(OC)c1. The lowest BCUT2D eigenvalue weighted by atomic mass is 10.0. The lowest BCUT2D eigenvalue weighted by Gasteiger charge is -2.34. The van der Waals surface area contributed by atoms with Crippen LogP contribution in [0, 0.1) is 13.8 Å². The third kappa shape index (κ3) is 9.56. The second-order valence-corrected chi connectivity index (χ2v) is 14.0. The number of carbonyl (C=O) groups excluding carboxylic acids is 2. The van der Waals surface area contributed by atoms with Gasteiger partial charge in [0.25, 0.3) is 10.0 Å². The third-order valence-electron chi connectivity index (χ3n) is 8.30. The smallest absolute Gasteiger partial charge is 0.264 e. The van der Waals surface area contributed by atoms with Gasteiger partial charge in [0.05, 0.1) is 31.9 Å². The van der Waals surface area contributed by atoms with Crippen LogP contribution in [0.15, 0.2) is 95.9 Å². The topological polar surface area (TPSA) is 114 Å². The second-order valence-electron chi connectivity index (χ2n) is 12.1. The summed E-state index contributed by atoms with van der Waals surface area (Å²) >= 11 is 0. The average Bonchev–Trinajstić information content (AvgIpc) is 3.11. The van der Waals surface area contributed by atoms with E-state index in [1.165, 1.54) is 37.3 Å². The number of anilines is 1. The lowest BCUT2D eigenvalue weighted by molar-refractivity contribution is -0.140. The number of benzene rings is 4. The van der Waals surface area contributed by atoms with Crippen molar-refractivity contribution in [2.24, 2.45) is 0 Å². The minimum absolute atomic E-state index is 0.0336. The van der Waals surface area contributed by atoms with E-state index in [0.717, 1.165) is 39.4 Å². The van der Waals surface area contributed by atoms with Crippen LogP contribution in [0.2, 0.25) is 0 Å². The number of amides is 2. The fraction of sp³-hybridized carbons (Fsp3) is 0.333. The molecule has 0 spiro atoms. The number of sulfonamides is 1. The maximum Gasteiger partial charge on any atom is 0.264 e. The molecule has 1 N–H and O–H groups in total. The Balaban J connectivity index is 1.85. The van der Waals surface area contributed by atoms with Crippen molar-refractivity contribution in [3.8, 4) is 17.2 Å². The summed E-state index contributed by atoms with van der Waals surface area (Å²) in [6.45, 7) is 5.68. The van der Waals surface area contributed by atoms with Crippen LogP contribution in [-0.2, 0) is 32.6 Å². The molecule has 0 bridgehead atoms. The van der Waals surface area contributed by atoms with Crippen LogP contribution >= 0.6 is 0 Å². The quantitative estimate of drug-likeness (QED) is 0.133. The minimum Gasteiger partial charge on any atom is -0.497 e. The van der Waals surface area contributed by atoms with Crippen molar-refractivity contribution in [1.82, 2.24) is 10.2 Å². The Labute approximate surface area is 296 Å². The Bertz CT molecular complexity index is 1840. The van der Waals surface area contributed by atoms with Crippen molar-refractivity contribution in [3.63, 3.8) is 0 Å². The Morgan fingerprint density at radius 1 is 0.780 bits per heavy atom. The van der Waals surface area contributed by atoms with Gasteiger partial charge in [-0.1, -0.05) is 61.9 Å². The summed E-state index contributed by atoms with van der Waals surface area (Å²) in [6.07, 6.45) is 1.88. The number of unbranched alkanes of at least 4 members (excludes halogenated alkanes) is 1. The number of carbonyl (C=O) groups is 2. The largest absolute Gasteiger partial charge is 0.497 e. The number of ether oxygens (including phenoxy) is 3. The van der Waals surface area contributed by atoms with Gasteiger partial charge in [-0.15, -0.1) is 0 Å². The van der Waals surface area contributed by atoms with Crippen LogP contribution in [-0.4, -0.2) is 65.6 Å². The number of aryl methyl sites for hydroxylation is 2. The highest BCUT2D eigenvalue weighted by atomic mass is 32.2. The highest BCUT2D eigenvalue weighted by Crippen LogP contribution is 2.33. The van der Waals surface area contributed by atoms with Crippen LogP contribution in [0.5, 0.6) is 17.2 Å². The highest BCUT2D eigenvalue weighted by Gasteiger charge is 2.35. The van der Waals surface area contributed by atoms with Crippen LogP contribution in [0.25, 0.3) is 0 Å². The van der Waals surface area contributed by atoms with Gasteiger partial charge in [0, 0.05) is 25.6 Å². The number of nitrogens with one attached hydrogen (secondary N) is 1. The molecule has 0 aliphatic carbocycles. The predicted octanol–water partition coefficient (Wildman–Crippen LogP) is 6.08. The summed E-state index contributed by atoms with van der Waals surface area (Å²) in [5, 5.41) is 3.01. The van der Waals surface area contributed by atoms with E-state index in [9.17, 15) is 18.0 Å². The standard InChI is InChI=1S/C39H47N3O7S/c1-7-8-19-40-39(44)35(24-30-13-10-9-11-14-30)41(26-31-15-12-16-33(23-31)47-4)38(43)27-42(32-21-28(2)20-29(3)22-32)50(45,46)34-17-18-36(48-5)37(25-34)49-6/h9-18,20-23,25,35H,7-8,19,24,26-27H2,1-6H3,(H,40,44)/t35-/m0/s1. The molecule has 11 heteroatoms. The molecule has 10 nitrogen and oxygen atoms in total. The first-order valence-electron chi connectivity index (χ1n) is 16.6. The molecule has 4 aromatic rings. The molecule has 0 saturated heterocycles. The first kappa shape index (κ1) is 37.8. The Morgan fingerprint density at radius 3 is 2.10 bits per heavy atom. The van der Waals surface area contributed by atoms with E-state index in [1.54, 1.807) is 31.4 Å². The zero-order valence-electron chi connectivity index (χ0n) is 29.6. The molecule has 2 amide bonds. The zero-order valence-corrected chi connectivity index (χ0v) is 30.5. The van der Waals surface area contributed by atoms with Gasteiger partial charge in [-0.05, 0) is 78.9 Å². The van der Waals surface area contributed by atoms with Crippen LogP contribution in [0.1, 0.15) is 42.0 Å². The van der Waals surface area contributed by atoms with Gasteiger partial charge >= 0.3 is 0 Å². The van der Waals surface area contributed by atoms with E-state index < -0.39 is 28.5 Å². The van der Waals surface area contributed by atoms with Crippen molar-refractivity contribution in [2.75, 3.05) is 38.7 Å². The van der Waals surface area contributed by atoms with Crippen molar-refractivity contribution in [3.05, 3.63) is 113 Å². The molecule has 0 aromatic heterocycles. The summed E-state index contributed by atoms with van der Waals surface area (Å²) in [5.41, 5.74) is 3.54. The molecule has 0 fully saturated rings. The molecule has 50 heavy (non-hydrogen) atoms. The fourth-order valence-electron chi connectivity index (χ4n) is 5.76. The summed E-state index contributed by atoms with van der Waals surface area (Å²) in [5.74, 6) is 0.311. The van der Waals surface area contributed by atoms with Gasteiger partial charge in [-0.2, -0.15) is 0 Å². The first-order chi connectivity index (χ1) is 24.0. The van der Waals surface area contributed by atoms with Gasteiger partial charge in [-0.3, -0.25) is 13.9 Å². The van der Waals surface area contributed by atoms with E-state index in [4.69, 9.17) is 14.2 Å². The summed E-state index contributed by atoms with van der Waals surface area (Å²) < 4.78 is 46.4. The monoisotopic (exact) mass is 701 g/mol. The molecular formula is C39H47N3O7S. The summed E-state index contributed by atoms with van der Waals surface area (Å²) in [6, 6.07) is 25.5. The molecule has 4 aromatic carbocycles. The minimum atomic E-state index is -4.35. The van der Waals surface area contributed by atoms with E-state index in [-0.39, 0.29) is 29.5 Å². The van der Waals surface area contributed by atoms with Gasteiger partial charge in [-0.25, -0.2) is 8.42 Å². The van der Waals surface area contributed by atoms with Gasteiger partial charge < -0.3 is 24.4 Å². The fourth-order valence-corrected chi connectivity index (χ4v) is 7.17. The van der Waals surface area contributed by atoms with Gasteiger partial charge in [0.2, 0.25) is 11.8 Å². The number of hydrogen-bond donors (Lipinski definition) is 1. The van der Waals surface area contributed by atoms with E-state index in [1.807, 2.05) is 69.3 Å². The van der Waals surface area contributed by atoms with Crippen LogP contribution in [0.4, 0.5) is 5.69 Å². The van der Waals surface area contributed by atoms with E-state index >= 15 is 0 Å². The second kappa shape index (κ2) is 17.6. The first-order valence-corrected chi connectivity index (χ1v) is 18.0. The molecule has 1 atom stereocenters. The molecule has 4 rings (SSSR count). The molecule has 0 aliphatic rings. The molecule has 0 radical (unpaired) electrons. The maximum absolute atomic E-state index is 14.8. The third-order valence-corrected chi connectivity index (χ3v) is 10.1. The number of methoxy groups -OCH3 is 3. The molecule has 0 heterocycles. The Morgan fingerprint density at radius 2 is 1.46 bits per heavy atom. The number of nitrogens with zero attached hydrogens (tertiary/aromatic N) is 2. The van der Waals surface area contributed by atoms with E-state index in [0.29, 0.717) is 23.7 Å². The number of rotatable bonds is 17. The lowest BCUT2D eigenvalue weighted by Crippen LogP contribution is -2.53. The average molecular weight is 702 g/mol. The summed E-state index contributed by atoms with van der Waals surface area (Å²) in [7, 11) is 0.0986. The van der Waals surface area contributed by atoms with Crippen molar-refractivity contribution in [2.45, 2.75) is 57.5 Å². The highest BCUT2D eigenvalue weighted by molar-refractivity contribution is 7.92. The molecule has 0 aliphatic heterocycles. The van der Waals surface area contributed by atoms with Crippen LogP contribution < -0.4 is 23.8 Å². The molecule has 0 saturated carbocycles. The summed E-state index contributed by atoms with van der Waals surface area (Å²) in [4.78, 5) is 30.2.